The van der Waals surface area contributed by atoms with Crippen LogP contribution in [-0.4, -0.2) is 44.5 Å². The Hall–Kier alpha value is -2.72. The second-order valence-electron chi connectivity index (χ2n) is 6.88. The summed E-state index contributed by atoms with van der Waals surface area (Å²) in [6.07, 6.45) is 3.44. The number of carbonyl (C=O) groups is 1. The molecular formula is C19H25N5O4S. The van der Waals surface area contributed by atoms with Crippen LogP contribution < -0.4 is 20.1 Å². The van der Waals surface area contributed by atoms with E-state index in [4.69, 9.17) is 10.5 Å². The molecule has 1 aromatic heterocycles. The van der Waals surface area contributed by atoms with Crippen molar-refractivity contribution >= 4 is 21.7 Å². The van der Waals surface area contributed by atoms with E-state index in [1.165, 1.54) is 31.7 Å². The molecule has 2 heterocycles. The molecule has 1 saturated heterocycles. The first-order valence-corrected chi connectivity index (χ1v) is 10.9. The molecule has 1 fully saturated rings. The van der Waals surface area contributed by atoms with Gasteiger partial charge in [-0.3, -0.25) is 4.79 Å². The van der Waals surface area contributed by atoms with Crippen molar-refractivity contribution in [1.82, 2.24) is 14.7 Å². The van der Waals surface area contributed by atoms with Crippen molar-refractivity contribution in [2.45, 2.75) is 37.6 Å². The molecule has 156 valence electrons. The summed E-state index contributed by atoms with van der Waals surface area (Å²) in [5.41, 5.74) is 6.08. The van der Waals surface area contributed by atoms with Crippen molar-refractivity contribution in [3.05, 3.63) is 41.3 Å². The minimum Gasteiger partial charge on any atom is -0.496 e. The van der Waals surface area contributed by atoms with E-state index < -0.39 is 15.9 Å². The fraction of sp³-hybridized carbons (Fsp3) is 0.421. The number of hydrogen-bond acceptors (Lipinski definition) is 7. The zero-order chi connectivity index (χ0) is 21.0. The molecule has 3 rings (SSSR count). The van der Waals surface area contributed by atoms with Crippen LogP contribution in [-0.2, 0) is 16.6 Å². The summed E-state index contributed by atoms with van der Waals surface area (Å²) in [6, 6.07) is 5.85. The summed E-state index contributed by atoms with van der Waals surface area (Å²) >= 11 is 0. The van der Waals surface area contributed by atoms with E-state index in [1.807, 2.05) is 13.0 Å². The van der Waals surface area contributed by atoms with Crippen LogP contribution in [0.3, 0.4) is 0 Å². The van der Waals surface area contributed by atoms with E-state index in [9.17, 15) is 13.2 Å². The highest BCUT2D eigenvalue weighted by atomic mass is 32.2. The third-order valence-corrected chi connectivity index (χ3v) is 6.13. The van der Waals surface area contributed by atoms with Crippen molar-refractivity contribution in [3.63, 3.8) is 0 Å². The molecule has 2 aromatic rings. The Morgan fingerprint density at radius 2 is 1.93 bits per heavy atom. The van der Waals surface area contributed by atoms with Crippen molar-refractivity contribution in [2.24, 2.45) is 5.73 Å². The van der Waals surface area contributed by atoms with Gasteiger partial charge in [-0.25, -0.2) is 23.1 Å². The molecule has 29 heavy (non-hydrogen) atoms. The second-order valence-corrected chi connectivity index (χ2v) is 8.65. The molecule has 10 heteroatoms. The number of nitrogens with two attached hydrogens (primary N) is 1. The molecule has 9 nitrogen and oxygen atoms in total. The fourth-order valence-electron chi connectivity index (χ4n) is 3.27. The molecular weight excluding hydrogens is 394 g/mol. The number of methoxy groups -OCH3 is 1. The smallest absolute Gasteiger partial charge is 0.252 e. The number of piperidine rings is 1. The van der Waals surface area contributed by atoms with E-state index in [0.29, 0.717) is 5.82 Å². The average molecular weight is 420 g/mol. The Morgan fingerprint density at radius 3 is 2.59 bits per heavy atom. The number of carbonyl (C=O) groups excluding carboxylic acids is 1. The fourth-order valence-corrected chi connectivity index (χ4v) is 4.27. The third kappa shape index (κ3) is 5.01. The number of nitrogens with one attached hydrogen (secondary N) is 1. The van der Waals surface area contributed by atoms with Gasteiger partial charge in [-0.1, -0.05) is 0 Å². The van der Waals surface area contributed by atoms with Gasteiger partial charge in [-0.05, 0) is 44.4 Å². The van der Waals surface area contributed by atoms with Gasteiger partial charge >= 0.3 is 0 Å². The molecule has 0 spiro atoms. The van der Waals surface area contributed by atoms with Crippen molar-refractivity contribution < 1.29 is 17.9 Å². The minimum atomic E-state index is -3.90. The van der Waals surface area contributed by atoms with E-state index in [1.54, 1.807) is 0 Å². The summed E-state index contributed by atoms with van der Waals surface area (Å²) in [7, 11) is -2.52. The maximum absolute atomic E-state index is 12.7. The Balaban J connectivity index is 1.79. The SMILES string of the molecule is COc1ccc(S(=O)(=O)NCc2nc(C)cc(N3CCCCC3)n2)cc1C(N)=O. The van der Waals surface area contributed by atoms with Crippen molar-refractivity contribution in [1.29, 1.82) is 0 Å². The van der Waals surface area contributed by atoms with Crippen molar-refractivity contribution in [3.8, 4) is 5.75 Å². The number of aryl methyl sites for hydroxylation is 1. The van der Waals surface area contributed by atoms with Crippen LogP contribution in [0.2, 0.25) is 0 Å². The molecule has 1 aromatic carbocycles. The normalized spacial score (nSPS) is 14.6. The highest BCUT2D eigenvalue weighted by Crippen LogP contribution is 2.22. The lowest BCUT2D eigenvalue weighted by atomic mass is 10.1. The average Bonchev–Trinajstić information content (AvgIpc) is 2.72. The zero-order valence-corrected chi connectivity index (χ0v) is 17.3. The van der Waals surface area contributed by atoms with Crippen LogP contribution in [0.5, 0.6) is 5.75 Å². The predicted octanol–water partition coefficient (Wildman–Crippen LogP) is 1.36. The molecule has 0 saturated carbocycles. The largest absolute Gasteiger partial charge is 0.496 e. The number of anilines is 1. The zero-order valence-electron chi connectivity index (χ0n) is 16.5. The lowest BCUT2D eigenvalue weighted by molar-refractivity contribution is 0.0997. The molecule has 0 aliphatic carbocycles. The van der Waals surface area contributed by atoms with E-state index in [-0.39, 0.29) is 22.8 Å². The number of sulfonamides is 1. The topological polar surface area (TPSA) is 128 Å². The monoisotopic (exact) mass is 419 g/mol. The summed E-state index contributed by atoms with van der Waals surface area (Å²) in [6.45, 7) is 3.66. The molecule has 1 amide bonds. The summed E-state index contributed by atoms with van der Waals surface area (Å²) in [5, 5.41) is 0. The molecule has 0 radical (unpaired) electrons. The van der Waals surface area contributed by atoms with Crippen molar-refractivity contribution in [2.75, 3.05) is 25.1 Å². The first kappa shape index (κ1) is 21.0. The minimum absolute atomic E-state index is 0.00503. The van der Waals surface area contributed by atoms with Crippen LogP contribution in [0.25, 0.3) is 0 Å². The maximum Gasteiger partial charge on any atom is 0.252 e. The molecule has 0 unspecified atom stereocenters. The second kappa shape index (κ2) is 8.75. The van der Waals surface area contributed by atoms with Gasteiger partial charge in [0, 0.05) is 24.8 Å². The van der Waals surface area contributed by atoms with Gasteiger partial charge in [-0.2, -0.15) is 0 Å². The number of aromatic nitrogens is 2. The number of primary amides is 1. The van der Waals surface area contributed by atoms with Crippen LogP contribution >= 0.6 is 0 Å². The van der Waals surface area contributed by atoms with Crippen LogP contribution in [0.4, 0.5) is 5.82 Å². The molecule has 1 aliphatic heterocycles. The van der Waals surface area contributed by atoms with Gasteiger partial charge in [0.15, 0.2) is 0 Å². The highest BCUT2D eigenvalue weighted by molar-refractivity contribution is 7.89. The number of rotatable bonds is 7. The van der Waals surface area contributed by atoms with Gasteiger partial charge < -0.3 is 15.4 Å². The molecule has 3 N–H and O–H groups in total. The Bertz CT molecular complexity index is 1000. The van der Waals surface area contributed by atoms with E-state index in [0.717, 1.165) is 37.4 Å². The number of hydrogen-bond donors (Lipinski definition) is 2. The third-order valence-electron chi connectivity index (χ3n) is 4.73. The highest BCUT2D eigenvalue weighted by Gasteiger charge is 2.20. The van der Waals surface area contributed by atoms with Gasteiger partial charge in [0.25, 0.3) is 5.91 Å². The van der Waals surface area contributed by atoms with Crippen LogP contribution in [0.15, 0.2) is 29.2 Å². The molecule has 0 atom stereocenters. The number of benzene rings is 1. The number of amides is 1. The van der Waals surface area contributed by atoms with E-state index in [2.05, 4.69) is 19.6 Å². The van der Waals surface area contributed by atoms with Gasteiger partial charge in [0.1, 0.15) is 17.4 Å². The van der Waals surface area contributed by atoms with Gasteiger partial charge in [-0.15, -0.1) is 0 Å². The summed E-state index contributed by atoms with van der Waals surface area (Å²) < 4.78 is 32.9. The van der Waals surface area contributed by atoms with Crippen LogP contribution in [0.1, 0.15) is 41.1 Å². The molecule has 1 aliphatic rings. The Labute approximate surface area is 170 Å². The number of nitrogens with zero attached hydrogens (tertiary/aromatic N) is 3. The first-order chi connectivity index (χ1) is 13.8. The van der Waals surface area contributed by atoms with Crippen LogP contribution in [0, 0.1) is 6.92 Å². The predicted molar refractivity (Wildman–Crippen MR) is 108 cm³/mol. The molecule has 0 bridgehead atoms. The lowest BCUT2D eigenvalue weighted by Gasteiger charge is -2.28. The summed E-state index contributed by atoms with van der Waals surface area (Å²) in [4.78, 5) is 22.5. The summed E-state index contributed by atoms with van der Waals surface area (Å²) in [5.74, 6) is 0.640. The first-order valence-electron chi connectivity index (χ1n) is 9.37. The Morgan fingerprint density at radius 1 is 1.21 bits per heavy atom. The lowest BCUT2D eigenvalue weighted by Crippen LogP contribution is -2.31. The van der Waals surface area contributed by atoms with Gasteiger partial charge in [0.05, 0.1) is 24.1 Å². The quantitative estimate of drug-likeness (QED) is 0.693. The number of ether oxygens (including phenoxy) is 1. The standard InChI is InChI=1S/C19H25N5O4S/c1-13-10-18(24-8-4-3-5-9-24)23-17(22-13)12-21-29(26,27)14-6-7-16(28-2)15(11-14)19(20)25/h6-7,10-11,21H,3-5,8-9,12H2,1-2H3,(H2,20,25). The van der Waals surface area contributed by atoms with Gasteiger partial charge in [0.2, 0.25) is 10.0 Å². The van der Waals surface area contributed by atoms with E-state index >= 15 is 0 Å². The maximum atomic E-state index is 12.7. The Kier molecular flexibility index (Phi) is 6.33.